The Balaban J connectivity index is 1.87. The first-order chi connectivity index (χ1) is 12.5. The van der Waals surface area contributed by atoms with Crippen LogP contribution in [0.1, 0.15) is 11.1 Å². The minimum atomic E-state index is -0.457. The van der Waals surface area contributed by atoms with Gasteiger partial charge in [0, 0.05) is 17.2 Å². The quantitative estimate of drug-likeness (QED) is 0.739. The van der Waals surface area contributed by atoms with E-state index in [1.165, 1.54) is 13.2 Å². The second-order valence-electron chi connectivity index (χ2n) is 5.47. The van der Waals surface area contributed by atoms with E-state index in [0.717, 1.165) is 16.7 Å². The van der Waals surface area contributed by atoms with E-state index in [9.17, 15) is 14.0 Å². The van der Waals surface area contributed by atoms with Gasteiger partial charge in [0.05, 0.1) is 25.7 Å². The molecule has 2 aromatic carbocycles. The molecule has 1 aliphatic heterocycles. The fraction of sp³-hybridized carbons (Fsp3) is 0.158. The second kappa shape index (κ2) is 7.61. The number of hydrogen-bond acceptors (Lipinski definition) is 5. The van der Waals surface area contributed by atoms with Crippen LogP contribution in [0.2, 0.25) is 0 Å². The number of amides is 2. The summed E-state index contributed by atoms with van der Waals surface area (Å²) >= 11 is 0.820. The fourth-order valence-corrected chi connectivity index (χ4v) is 3.34. The lowest BCUT2D eigenvalue weighted by molar-refractivity contribution is -0.123. The molecule has 134 valence electrons. The Morgan fingerprint density at radius 1 is 1.12 bits per heavy atom. The van der Waals surface area contributed by atoms with E-state index < -0.39 is 17.0 Å². The zero-order chi connectivity index (χ0) is 18.7. The maximum atomic E-state index is 13.8. The molecule has 7 heteroatoms. The zero-order valence-electron chi connectivity index (χ0n) is 14.2. The molecule has 0 saturated carbocycles. The summed E-state index contributed by atoms with van der Waals surface area (Å²) in [5.41, 5.74) is 0.933. The van der Waals surface area contributed by atoms with Gasteiger partial charge in [-0.25, -0.2) is 4.39 Å². The van der Waals surface area contributed by atoms with Crippen molar-refractivity contribution >= 4 is 29.0 Å². The van der Waals surface area contributed by atoms with Crippen molar-refractivity contribution in [3.8, 4) is 11.5 Å². The molecular weight excluding hydrogens is 357 g/mol. The minimum absolute atomic E-state index is 0.103. The lowest BCUT2D eigenvalue weighted by atomic mass is 10.1. The van der Waals surface area contributed by atoms with Gasteiger partial charge in [0.2, 0.25) is 0 Å². The lowest BCUT2D eigenvalue weighted by Gasteiger charge is -2.13. The molecule has 26 heavy (non-hydrogen) atoms. The average Bonchev–Trinajstić information content (AvgIpc) is 2.91. The first-order valence-corrected chi connectivity index (χ1v) is 8.56. The summed E-state index contributed by atoms with van der Waals surface area (Å²) in [6, 6.07) is 11.2. The van der Waals surface area contributed by atoms with Gasteiger partial charge < -0.3 is 9.47 Å². The molecule has 0 radical (unpaired) electrons. The monoisotopic (exact) mass is 373 g/mol. The highest BCUT2D eigenvalue weighted by atomic mass is 32.2. The van der Waals surface area contributed by atoms with Crippen LogP contribution in [0.5, 0.6) is 11.5 Å². The SMILES string of the molecule is COc1ccc(/C=C2\SC(=O)N(Cc3ccccc3F)C2=O)c(OC)c1. The van der Waals surface area contributed by atoms with Crippen LogP contribution in [0.4, 0.5) is 9.18 Å². The lowest BCUT2D eigenvalue weighted by Crippen LogP contribution is -2.27. The molecule has 0 unspecified atom stereocenters. The van der Waals surface area contributed by atoms with Crippen molar-refractivity contribution in [3.05, 3.63) is 64.3 Å². The van der Waals surface area contributed by atoms with E-state index in [0.29, 0.717) is 17.1 Å². The first kappa shape index (κ1) is 18.0. The molecule has 2 amide bonds. The molecule has 0 bridgehead atoms. The Kier molecular flexibility index (Phi) is 5.27. The summed E-state index contributed by atoms with van der Waals surface area (Å²) < 4.78 is 24.3. The van der Waals surface area contributed by atoms with E-state index in [4.69, 9.17) is 9.47 Å². The van der Waals surface area contributed by atoms with Crippen molar-refractivity contribution < 1.29 is 23.5 Å². The number of rotatable bonds is 5. The van der Waals surface area contributed by atoms with Gasteiger partial charge in [0.1, 0.15) is 17.3 Å². The van der Waals surface area contributed by atoms with Gasteiger partial charge in [-0.3, -0.25) is 14.5 Å². The predicted octanol–water partition coefficient (Wildman–Crippen LogP) is 4.08. The number of imide groups is 1. The summed E-state index contributed by atoms with van der Waals surface area (Å²) in [6.45, 7) is -0.103. The Morgan fingerprint density at radius 2 is 1.88 bits per heavy atom. The highest BCUT2D eigenvalue weighted by molar-refractivity contribution is 8.18. The van der Waals surface area contributed by atoms with E-state index in [-0.39, 0.29) is 17.0 Å². The number of carbonyl (C=O) groups excluding carboxylic acids is 2. The molecule has 0 aliphatic carbocycles. The van der Waals surface area contributed by atoms with Crippen LogP contribution in [0, 0.1) is 5.82 Å². The molecule has 3 rings (SSSR count). The number of halogens is 1. The highest BCUT2D eigenvalue weighted by Gasteiger charge is 2.35. The number of methoxy groups -OCH3 is 2. The van der Waals surface area contributed by atoms with Crippen molar-refractivity contribution in [3.63, 3.8) is 0 Å². The molecule has 1 fully saturated rings. The molecule has 0 atom stereocenters. The standard InChI is InChI=1S/C19H16FNO4S/c1-24-14-8-7-12(16(10-14)25-2)9-17-18(22)21(19(23)26-17)11-13-5-3-4-6-15(13)20/h3-10H,11H2,1-2H3/b17-9-. The van der Waals surface area contributed by atoms with Crippen molar-refractivity contribution in [1.29, 1.82) is 0 Å². The van der Waals surface area contributed by atoms with Gasteiger partial charge in [0.15, 0.2) is 0 Å². The van der Waals surface area contributed by atoms with Crippen molar-refractivity contribution in [2.24, 2.45) is 0 Å². The smallest absolute Gasteiger partial charge is 0.293 e. The molecule has 1 heterocycles. The Bertz CT molecular complexity index is 897. The molecule has 1 saturated heterocycles. The van der Waals surface area contributed by atoms with Crippen LogP contribution in [0.3, 0.4) is 0 Å². The van der Waals surface area contributed by atoms with Gasteiger partial charge >= 0.3 is 0 Å². The number of hydrogen-bond donors (Lipinski definition) is 0. The maximum Gasteiger partial charge on any atom is 0.293 e. The van der Waals surface area contributed by atoms with Crippen molar-refractivity contribution in [2.45, 2.75) is 6.54 Å². The van der Waals surface area contributed by atoms with Gasteiger partial charge in [0.25, 0.3) is 11.1 Å². The third-order valence-electron chi connectivity index (χ3n) is 3.89. The largest absolute Gasteiger partial charge is 0.497 e. The average molecular weight is 373 g/mol. The number of carbonyl (C=O) groups is 2. The Hall–Kier alpha value is -2.80. The summed E-state index contributed by atoms with van der Waals surface area (Å²) in [5, 5.41) is -0.433. The Labute approximate surface area is 154 Å². The van der Waals surface area contributed by atoms with Gasteiger partial charge in [-0.2, -0.15) is 0 Å². The van der Waals surface area contributed by atoms with Crippen LogP contribution < -0.4 is 9.47 Å². The summed E-state index contributed by atoms with van der Waals surface area (Å²) in [6.07, 6.45) is 1.59. The van der Waals surface area contributed by atoms with Gasteiger partial charge in [-0.15, -0.1) is 0 Å². The Morgan fingerprint density at radius 3 is 2.58 bits per heavy atom. The molecule has 0 aromatic heterocycles. The molecule has 5 nitrogen and oxygen atoms in total. The van der Waals surface area contributed by atoms with E-state index in [1.54, 1.807) is 49.6 Å². The maximum absolute atomic E-state index is 13.8. The number of thioether (sulfide) groups is 1. The molecule has 1 aliphatic rings. The number of benzene rings is 2. The van der Waals surface area contributed by atoms with Gasteiger partial charge in [-0.1, -0.05) is 18.2 Å². The van der Waals surface area contributed by atoms with Crippen LogP contribution in [-0.4, -0.2) is 30.3 Å². The third-order valence-corrected chi connectivity index (χ3v) is 4.79. The van der Waals surface area contributed by atoms with E-state index in [1.807, 2.05) is 0 Å². The van der Waals surface area contributed by atoms with E-state index in [2.05, 4.69) is 0 Å². The normalized spacial score (nSPS) is 15.7. The van der Waals surface area contributed by atoms with Crippen LogP contribution in [0.15, 0.2) is 47.4 Å². The third kappa shape index (κ3) is 3.57. The zero-order valence-corrected chi connectivity index (χ0v) is 15.0. The number of nitrogens with zero attached hydrogens (tertiary/aromatic N) is 1. The van der Waals surface area contributed by atoms with Crippen LogP contribution in [-0.2, 0) is 11.3 Å². The van der Waals surface area contributed by atoms with Crippen LogP contribution in [0.25, 0.3) is 6.08 Å². The fourth-order valence-electron chi connectivity index (χ4n) is 2.51. The summed E-state index contributed by atoms with van der Waals surface area (Å²) in [5.74, 6) is 0.227. The van der Waals surface area contributed by atoms with Crippen molar-refractivity contribution in [2.75, 3.05) is 14.2 Å². The number of ether oxygens (including phenoxy) is 2. The second-order valence-corrected chi connectivity index (χ2v) is 6.46. The molecule has 2 aromatic rings. The first-order valence-electron chi connectivity index (χ1n) is 7.74. The minimum Gasteiger partial charge on any atom is -0.497 e. The predicted molar refractivity (Wildman–Crippen MR) is 97.5 cm³/mol. The van der Waals surface area contributed by atoms with E-state index >= 15 is 0 Å². The summed E-state index contributed by atoms with van der Waals surface area (Å²) in [7, 11) is 3.05. The topological polar surface area (TPSA) is 55.8 Å². The highest BCUT2D eigenvalue weighted by Crippen LogP contribution is 2.35. The molecule has 0 spiro atoms. The van der Waals surface area contributed by atoms with Crippen molar-refractivity contribution in [1.82, 2.24) is 4.90 Å². The molecular formula is C19H16FNO4S. The summed E-state index contributed by atoms with van der Waals surface area (Å²) in [4.78, 5) is 26.1. The molecule has 0 N–H and O–H groups in total. The van der Waals surface area contributed by atoms with Gasteiger partial charge in [-0.05, 0) is 36.0 Å². The van der Waals surface area contributed by atoms with Crippen LogP contribution >= 0.6 is 11.8 Å².